The average molecular weight is 236 g/mol. The van der Waals surface area contributed by atoms with E-state index in [0.717, 1.165) is 0 Å². The quantitative estimate of drug-likeness (QED) is 0.725. The van der Waals surface area contributed by atoms with Crippen LogP contribution in [0, 0.1) is 0 Å². The lowest BCUT2D eigenvalue weighted by Crippen LogP contribution is -2.48. The van der Waals surface area contributed by atoms with Gasteiger partial charge in [0.15, 0.2) is 5.11 Å². The van der Waals surface area contributed by atoms with Gasteiger partial charge in [0, 0.05) is 12.6 Å². The summed E-state index contributed by atoms with van der Waals surface area (Å²) in [6.45, 7) is 0.480. The second kappa shape index (κ2) is 4.46. The highest BCUT2D eigenvalue weighted by molar-refractivity contribution is 7.80. The molecular weight excluding hydrogens is 224 g/mol. The lowest BCUT2D eigenvalue weighted by Gasteiger charge is -2.23. The lowest BCUT2D eigenvalue weighted by atomic mass is 10.2. The summed E-state index contributed by atoms with van der Waals surface area (Å²) in [7, 11) is 1.79. The van der Waals surface area contributed by atoms with E-state index < -0.39 is 0 Å². The number of nitrogens with zero attached hydrogens (tertiary/aromatic N) is 2. The molecule has 1 amide bonds. The molecule has 0 unspecified atom stereocenters. The van der Waals surface area contributed by atoms with Crippen molar-refractivity contribution in [2.75, 3.05) is 13.7 Å². The van der Waals surface area contributed by atoms with Gasteiger partial charge in [0.1, 0.15) is 6.67 Å². The lowest BCUT2D eigenvalue weighted by molar-refractivity contribution is 0.0315. The van der Waals surface area contributed by atoms with Gasteiger partial charge in [0.2, 0.25) is 0 Å². The zero-order valence-electron chi connectivity index (χ0n) is 8.80. The third kappa shape index (κ3) is 2.12. The second-order valence-corrected chi connectivity index (χ2v) is 3.76. The maximum absolute atomic E-state index is 11.8. The van der Waals surface area contributed by atoms with Gasteiger partial charge in [-0.1, -0.05) is 18.2 Å². The Hall–Kier alpha value is -1.66. The van der Waals surface area contributed by atoms with Gasteiger partial charge in [-0.3, -0.25) is 15.2 Å². The molecule has 1 heterocycles. The van der Waals surface area contributed by atoms with Crippen LogP contribution in [0.4, 0.5) is 0 Å². The Bertz CT molecular complexity index is 409. The molecule has 0 radical (unpaired) electrons. The third-order valence-electron chi connectivity index (χ3n) is 2.30. The number of nitrogens with one attached hydrogen (secondary N) is 2. The van der Waals surface area contributed by atoms with Crippen molar-refractivity contribution in [2.24, 2.45) is 0 Å². The van der Waals surface area contributed by atoms with E-state index in [2.05, 4.69) is 10.7 Å². The van der Waals surface area contributed by atoms with Crippen molar-refractivity contribution in [1.82, 2.24) is 20.9 Å². The minimum absolute atomic E-state index is 0.154. The Kier molecular flexibility index (Phi) is 3.02. The Morgan fingerprint density at radius 3 is 2.69 bits per heavy atom. The molecule has 0 aliphatic carbocycles. The first-order valence-electron chi connectivity index (χ1n) is 4.83. The molecule has 0 atom stereocenters. The molecule has 2 N–H and O–H groups in total. The minimum atomic E-state index is -0.154. The number of rotatable bonds is 2. The molecule has 1 aliphatic heterocycles. The van der Waals surface area contributed by atoms with Crippen molar-refractivity contribution >= 4 is 23.2 Å². The van der Waals surface area contributed by atoms with Crippen molar-refractivity contribution in [1.29, 1.82) is 0 Å². The molecule has 16 heavy (non-hydrogen) atoms. The second-order valence-electron chi connectivity index (χ2n) is 3.37. The van der Waals surface area contributed by atoms with E-state index in [1.807, 2.05) is 18.2 Å². The van der Waals surface area contributed by atoms with E-state index in [9.17, 15) is 4.79 Å². The molecule has 0 saturated carbocycles. The molecule has 2 rings (SSSR count). The van der Waals surface area contributed by atoms with E-state index in [4.69, 9.17) is 12.2 Å². The molecule has 0 spiro atoms. The highest BCUT2D eigenvalue weighted by Gasteiger charge is 2.23. The fourth-order valence-corrected chi connectivity index (χ4v) is 1.52. The number of hydrogen-bond donors (Lipinski definition) is 2. The fourth-order valence-electron chi connectivity index (χ4n) is 1.36. The van der Waals surface area contributed by atoms with Crippen molar-refractivity contribution in [2.45, 2.75) is 0 Å². The third-order valence-corrected chi connectivity index (χ3v) is 2.71. The van der Waals surface area contributed by atoms with Gasteiger partial charge in [-0.05, 0) is 24.4 Å². The van der Waals surface area contributed by atoms with Gasteiger partial charge in [0.25, 0.3) is 5.91 Å². The van der Waals surface area contributed by atoms with E-state index in [1.54, 1.807) is 29.3 Å². The summed E-state index contributed by atoms with van der Waals surface area (Å²) in [4.78, 5) is 11.8. The van der Waals surface area contributed by atoms with Crippen LogP contribution in [0.5, 0.6) is 0 Å². The Labute approximate surface area is 99.0 Å². The average Bonchev–Trinajstić information content (AvgIpc) is 2.62. The normalized spacial score (nSPS) is 16.1. The number of thiocarbonyl (C=S) groups is 1. The molecule has 0 aromatic heterocycles. The monoisotopic (exact) mass is 236 g/mol. The summed E-state index contributed by atoms with van der Waals surface area (Å²) in [6.07, 6.45) is 0. The van der Waals surface area contributed by atoms with E-state index >= 15 is 0 Å². The highest BCUT2D eigenvalue weighted by atomic mass is 32.1. The zero-order valence-corrected chi connectivity index (χ0v) is 9.62. The highest BCUT2D eigenvalue weighted by Crippen LogP contribution is 2.02. The van der Waals surface area contributed by atoms with Gasteiger partial charge in [-0.25, -0.2) is 0 Å². The number of carbonyl (C=O) groups is 1. The summed E-state index contributed by atoms with van der Waals surface area (Å²) in [5.74, 6) is -0.154. The fraction of sp³-hybridized carbons (Fsp3) is 0.200. The number of hydrazine groups is 2. The predicted molar refractivity (Wildman–Crippen MR) is 64.1 cm³/mol. The number of hydrogen-bond acceptors (Lipinski definition) is 3. The number of carbonyl (C=O) groups excluding carboxylic acids is 1. The molecular formula is C10H12N4OS. The SMILES string of the molecule is CN1C(=S)NCN1NC(=O)c1ccccc1. The van der Waals surface area contributed by atoms with Gasteiger partial charge in [0.05, 0.1) is 0 Å². The molecule has 1 fully saturated rings. The summed E-state index contributed by atoms with van der Waals surface area (Å²) in [5, 5.41) is 6.84. The molecule has 84 valence electrons. The first-order chi connectivity index (χ1) is 7.68. The maximum Gasteiger partial charge on any atom is 0.267 e. The van der Waals surface area contributed by atoms with Crippen molar-refractivity contribution < 1.29 is 4.79 Å². The standard InChI is InChI=1S/C10H12N4OS/c1-13-10(16)11-7-14(13)12-9(15)8-5-3-2-4-6-8/h2-6H,7H2,1H3,(H,11,16)(H,12,15). The van der Waals surface area contributed by atoms with Crippen molar-refractivity contribution in [3.05, 3.63) is 35.9 Å². The number of amides is 1. The number of benzene rings is 1. The van der Waals surface area contributed by atoms with Crippen LogP contribution < -0.4 is 10.7 Å². The Balaban J connectivity index is 2.01. The molecule has 0 bridgehead atoms. The van der Waals surface area contributed by atoms with E-state index in [1.165, 1.54) is 0 Å². The molecule has 1 aromatic carbocycles. The van der Waals surface area contributed by atoms with Gasteiger partial charge < -0.3 is 5.32 Å². The van der Waals surface area contributed by atoms with Crippen molar-refractivity contribution in [3.63, 3.8) is 0 Å². The predicted octanol–water partition coefficient (Wildman–Crippen LogP) is 0.326. The van der Waals surface area contributed by atoms with Crippen LogP contribution in [-0.4, -0.2) is 34.9 Å². The van der Waals surface area contributed by atoms with E-state index in [-0.39, 0.29) is 5.91 Å². The van der Waals surface area contributed by atoms with Crippen LogP contribution >= 0.6 is 12.2 Å². The first kappa shape index (κ1) is 10.8. The van der Waals surface area contributed by atoms with Crippen molar-refractivity contribution in [3.8, 4) is 0 Å². The van der Waals surface area contributed by atoms with Crippen LogP contribution in [0.2, 0.25) is 0 Å². The molecule has 1 aliphatic rings. The molecule has 1 saturated heterocycles. The zero-order chi connectivity index (χ0) is 11.5. The van der Waals surface area contributed by atoms with Crippen LogP contribution in [-0.2, 0) is 0 Å². The van der Waals surface area contributed by atoms with Crippen LogP contribution in [0.3, 0.4) is 0 Å². The first-order valence-corrected chi connectivity index (χ1v) is 5.24. The Morgan fingerprint density at radius 1 is 1.44 bits per heavy atom. The Morgan fingerprint density at radius 2 is 2.12 bits per heavy atom. The molecule has 5 nitrogen and oxygen atoms in total. The topological polar surface area (TPSA) is 47.6 Å². The van der Waals surface area contributed by atoms with Gasteiger partial charge in [-0.15, -0.1) is 5.12 Å². The summed E-state index contributed by atoms with van der Waals surface area (Å²) >= 11 is 5.01. The van der Waals surface area contributed by atoms with Crippen LogP contribution in [0.25, 0.3) is 0 Å². The summed E-state index contributed by atoms with van der Waals surface area (Å²) < 4.78 is 0. The summed E-state index contributed by atoms with van der Waals surface area (Å²) in [6, 6.07) is 9.04. The van der Waals surface area contributed by atoms with Crippen LogP contribution in [0.15, 0.2) is 30.3 Å². The largest absolute Gasteiger partial charge is 0.345 e. The summed E-state index contributed by atoms with van der Waals surface area (Å²) in [5.41, 5.74) is 3.36. The van der Waals surface area contributed by atoms with E-state index in [0.29, 0.717) is 17.3 Å². The van der Waals surface area contributed by atoms with Gasteiger partial charge in [-0.2, -0.15) is 0 Å². The minimum Gasteiger partial charge on any atom is -0.345 e. The maximum atomic E-state index is 11.8. The van der Waals surface area contributed by atoms with Gasteiger partial charge >= 0.3 is 0 Å². The smallest absolute Gasteiger partial charge is 0.267 e. The molecule has 1 aromatic rings. The molecule has 6 heteroatoms. The van der Waals surface area contributed by atoms with Crippen LogP contribution in [0.1, 0.15) is 10.4 Å².